The number of hydrogen-bond donors (Lipinski definition) is 1. The number of hydrogen-bond acceptors (Lipinski definition) is 3. The number of carbonyl (C=O) groups excluding carboxylic acids is 1. The summed E-state index contributed by atoms with van der Waals surface area (Å²) in [6, 6.07) is 17.0. The van der Waals surface area contributed by atoms with Gasteiger partial charge in [-0.1, -0.05) is 42.5 Å². The number of benzene rings is 2. The van der Waals surface area contributed by atoms with Gasteiger partial charge in [-0.3, -0.25) is 9.59 Å². The first-order chi connectivity index (χ1) is 12.6. The van der Waals surface area contributed by atoms with E-state index in [-0.39, 0.29) is 11.4 Å². The predicted molar refractivity (Wildman–Crippen MR) is 97.0 cm³/mol. The van der Waals surface area contributed by atoms with Gasteiger partial charge in [0.1, 0.15) is 11.5 Å². The number of aromatic nitrogens is 2. The zero-order chi connectivity index (χ0) is 18.5. The molecular weight excluding hydrogens is 333 g/mol. The lowest BCUT2D eigenvalue weighted by Gasteiger charge is -2.12. The fourth-order valence-electron chi connectivity index (χ4n) is 2.62. The monoisotopic (exact) mass is 351 g/mol. The Morgan fingerprint density at radius 2 is 1.81 bits per heavy atom. The molecule has 132 valence electrons. The summed E-state index contributed by atoms with van der Waals surface area (Å²) in [5.41, 5.74) is 0.955. The summed E-state index contributed by atoms with van der Waals surface area (Å²) in [5, 5.41) is 6.77. The van der Waals surface area contributed by atoms with Crippen LogP contribution in [0.3, 0.4) is 0 Å². The molecule has 26 heavy (non-hydrogen) atoms. The van der Waals surface area contributed by atoms with Crippen LogP contribution in [0.4, 0.5) is 4.39 Å². The highest BCUT2D eigenvalue weighted by molar-refractivity contribution is 5.92. The molecule has 1 aromatic heterocycles. The first kappa shape index (κ1) is 17.5. The maximum Gasteiger partial charge on any atom is 0.275 e. The average Bonchev–Trinajstić information content (AvgIpc) is 2.63. The number of rotatable bonds is 5. The van der Waals surface area contributed by atoms with Crippen molar-refractivity contribution < 1.29 is 9.18 Å². The Hall–Kier alpha value is -3.28. The van der Waals surface area contributed by atoms with Gasteiger partial charge in [0.2, 0.25) is 5.43 Å². The van der Waals surface area contributed by atoms with Crippen molar-refractivity contribution in [1.82, 2.24) is 15.1 Å². The van der Waals surface area contributed by atoms with Gasteiger partial charge in [-0.25, -0.2) is 9.07 Å². The fourth-order valence-corrected chi connectivity index (χ4v) is 2.62. The number of halogens is 1. The van der Waals surface area contributed by atoms with Gasteiger partial charge >= 0.3 is 0 Å². The molecule has 1 amide bonds. The summed E-state index contributed by atoms with van der Waals surface area (Å²) in [5.74, 6) is -1.06. The Balaban J connectivity index is 1.81. The summed E-state index contributed by atoms with van der Waals surface area (Å²) in [6.07, 6.45) is 0.639. The standard InChI is InChI=1S/C20H18FN3O2/c1-14-13-18(25)19(23-24(14)17-10-6-5-9-16(17)21)20(26)22-12-11-15-7-3-2-4-8-15/h2-10,13H,11-12H2,1H3,(H,22,26). The zero-order valence-corrected chi connectivity index (χ0v) is 14.3. The number of aryl methyl sites for hydroxylation is 1. The minimum Gasteiger partial charge on any atom is -0.350 e. The van der Waals surface area contributed by atoms with E-state index in [1.54, 1.807) is 19.1 Å². The van der Waals surface area contributed by atoms with Crippen LogP contribution in [-0.2, 0) is 6.42 Å². The Kier molecular flexibility index (Phi) is 5.22. The quantitative estimate of drug-likeness (QED) is 0.769. The minimum absolute atomic E-state index is 0.184. The highest BCUT2D eigenvalue weighted by Gasteiger charge is 2.16. The summed E-state index contributed by atoms with van der Waals surface area (Å²) >= 11 is 0. The number of amides is 1. The van der Waals surface area contributed by atoms with Crippen molar-refractivity contribution >= 4 is 5.91 Å². The van der Waals surface area contributed by atoms with E-state index in [9.17, 15) is 14.0 Å². The molecule has 2 aromatic carbocycles. The topological polar surface area (TPSA) is 64.0 Å². The van der Waals surface area contributed by atoms with Crippen LogP contribution < -0.4 is 10.7 Å². The molecule has 0 saturated carbocycles. The number of nitrogens with zero attached hydrogens (tertiary/aromatic N) is 2. The molecular formula is C20H18FN3O2. The highest BCUT2D eigenvalue weighted by atomic mass is 19.1. The van der Waals surface area contributed by atoms with Gasteiger partial charge in [-0.2, -0.15) is 5.10 Å². The molecule has 1 heterocycles. The largest absolute Gasteiger partial charge is 0.350 e. The first-order valence-corrected chi connectivity index (χ1v) is 8.24. The van der Waals surface area contributed by atoms with Crippen molar-refractivity contribution in [3.05, 3.63) is 93.7 Å². The van der Waals surface area contributed by atoms with Crippen molar-refractivity contribution in [2.75, 3.05) is 6.54 Å². The van der Waals surface area contributed by atoms with Crippen LogP contribution in [0.2, 0.25) is 0 Å². The molecule has 6 heteroatoms. The maximum absolute atomic E-state index is 14.0. The van der Waals surface area contributed by atoms with E-state index >= 15 is 0 Å². The van der Waals surface area contributed by atoms with Crippen LogP contribution in [0, 0.1) is 12.7 Å². The molecule has 0 bridgehead atoms. The molecule has 0 aliphatic heterocycles. The Morgan fingerprint density at radius 3 is 2.54 bits per heavy atom. The minimum atomic E-state index is -0.573. The van der Waals surface area contributed by atoms with Gasteiger partial charge in [0.25, 0.3) is 5.91 Å². The number of carbonyl (C=O) groups is 1. The van der Waals surface area contributed by atoms with Gasteiger partial charge in [0, 0.05) is 18.3 Å². The normalized spacial score (nSPS) is 10.5. The van der Waals surface area contributed by atoms with E-state index in [0.29, 0.717) is 18.7 Å². The smallest absolute Gasteiger partial charge is 0.275 e. The van der Waals surface area contributed by atoms with Gasteiger partial charge in [-0.15, -0.1) is 0 Å². The van der Waals surface area contributed by atoms with Crippen LogP contribution in [0.25, 0.3) is 5.69 Å². The fraction of sp³-hybridized carbons (Fsp3) is 0.150. The van der Waals surface area contributed by atoms with Crippen LogP contribution in [0.15, 0.2) is 65.5 Å². The maximum atomic E-state index is 14.0. The molecule has 0 atom stereocenters. The van der Waals surface area contributed by atoms with Crippen LogP contribution in [-0.4, -0.2) is 22.2 Å². The lowest BCUT2D eigenvalue weighted by atomic mass is 10.1. The average molecular weight is 351 g/mol. The van der Waals surface area contributed by atoms with Gasteiger partial charge < -0.3 is 5.32 Å². The van der Waals surface area contributed by atoms with Crippen molar-refractivity contribution in [2.24, 2.45) is 0 Å². The third kappa shape index (κ3) is 3.85. The van der Waals surface area contributed by atoms with Crippen LogP contribution >= 0.6 is 0 Å². The lowest BCUT2D eigenvalue weighted by molar-refractivity contribution is 0.0946. The molecule has 0 aliphatic rings. The third-order valence-electron chi connectivity index (χ3n) is 3.95. The summed E-state index contributed by atoms with van der Waals surface area (Å²) in [7, 11) is 0. The third-order valence-corrected chi connectivity index (χ3v) is 3.95. The summed E-state index contributed by atoms with van der Waals surface area (Å²) < 4.78 is 15.3. The van der Waals surface area contributed by atoms with E-state index in [1.807, 2.05) is 30.3 Å². The number of nitrogens with one attached hydrogen (secondary N) is 1. The highest BCUT2D eigenvalue weighted by Crippen LogP contribution is 2.13. The van der Waals surface area contributed by atoms with Crippen LogP contribution in [0.5, 0.6) is 0 Å². The molecule has 3 aromatic rings. The second-order valence-corrected chi connectivity index (χ2v) is 5.85. The molecule has 0 radical (unpaired) electrons. The van der Waals surface area contributed by atoms with E-state index in [1.165, 1.54) is 22.9 Å². The Labute approximate surface area is 150 Å². The summed E-state index contributed by atoms with van der Waals surface area (Å²) in [4.78, 5) is 24.5. The van der Waals surface area contributed by atoms with Crippen molar-refractivity contribution in [3.63, 3.8) is 0 Å². The second-order valence-electron chi connectivity index (χ2n) is 5.85. The van der Waals surface area contributed by atoms with Crippen molar-refractivity contribution in [3.8, 4) is 5.69 Å². The van der Waals surface area contributed by atoms with Gasteiger partial charge in [0.05, 0.1) is 0 Å². The van der Waals surface area contributed by atoms with E-state index in [2.05, 4.69) is 10.4 Å². The van der Waals surface area contributed by atoms with Crippen LogP contribution in [0.1, 0.15) is 21.7 Å². The second kappa shape index (κ2) is 7.74. The van der Waals surface area contributed by atoms with E-state index in [0.717, 1.165) is 5.56 Å². The molecule has 0 saturated heterocycles. The van der Waals surface area contributed by atoms with E-state index in [4.69, 9.17) is 0 Å². The zero-order valence-electron chi connectivity index (χ0n) is 14.3. The first-order valence-electron chi connectivity index (χ1n) is 8.24. The molecule has 0 spiro atoms. The lowest BCUT2D eigenvalue weighted by Crippen LogP contribution is -2.33. The molecule has 3 rings (SSSR count). The van der Waals surface area contributed by atoms with E-state index < -0.39 is 17.2 Å². The molecule has 1 N–H and O–H groups in total. The van der Waals surface area contributed by atoms with Gasteiger partial charge in [-0.05, 0) is 31.0 Å². The van der Waals surface area contributed by atoms with Crippen molar-refractivity contribution in [1.29, 1.82) is 0 Å². The van der Waals surface area contributed by atoms with Crippen molar-refractivity contribution in [2.45, 2.75) is 13.3 Å². The molecule has 0 aliphatic carbocycles. The summed E-state index contributed by atoms with van der Waals surface area (Å²) in [6.45, 7) is 2.01. The number of para-hydroxylation sites is 1. The molecule has 0 unspecified atom stereocenters. The predicted octanol–water partition coefficient (Wildman–Crippen LogP) is 2.65. The van der Waals surface area contributed by atoms with Gasteiger partial charge in [0.15, 0.2) is 5.69 Å². The Bertz CT molecular complexity index is 984. The SMILES string of the molecule is Cc1cc(=O)c(C(=O)NCCc2ccccc2)nn1-c1ccccc1F. The molecule has 0 fully saturated rings. The Morgan fingerprint density at radius 1 is 1.12 bits per heavy atom. The molecule has 5 nitrogen and oxygen atoms in total.